The van der Waals surface area contributed by atoms with E-state index in [1.165, 1.54) is 5.94 Å². The minimum absolute atomic E-state index is 0.0891. The van der Waals surface area contributed by atoms with Crippen molar-refractivity contribution in [2.75, 3.05) is 12.3 Å². The van der Waals surface area contributed by atoms with Crippen LogP contribution in [-0.4, -0.2) is 17.5 Å². The quantitative estimate of drug-likeness (QED) is 0.613. The van der Waals surface area contributed by atoms with E-state index in [9.17, 15) is 18.4 Å². The largest absolute Gasteiger partial charge is 0.483 e. The number of rotatable bonds is 4. The number of H-pyrrole nitrogens is 1. The number of anilines is 1. The molecule has 0 aliphatic rings. The highest BCUT2D eigenvalue weighted by molar-refractivity contribution is 5.88. The molecule has 1 aromatic heterocycles. The van der Waals surface area contributed by atoms with Gasteiger partial charge in [0.25, 0.3) is 6.43 Å². The summed E-state index contributed by atoms with van der Waals surface area (Å²) in [6, 6.07) is 0.673. The Morgan fingerprint density at radius 3 is 2.76 bits per heavy atom. The number of aromatic nitrogens is 1. The van der Waals surface area contributed by atoms with Gasteiger partial charge in [0.15, 0.2) is 5.94 Å². The lowest BCUT2D eigenvalue weighted by molar-refractivity contribution is 0.150. The van der Waals surface area contributed by atoms with Gasteiger partial charge in [0.1, 0.15) is 5.82 Å². The van der Waals surface area contributed by atoms with E-state index in [1.54, 1.807) is 6.92 Å². The van der Waals surface area contributed by atoms with Gasteiger partial charge >= 0.3 is 0 Å². The highest BCUT2D eigenvalue weighted by Crippen LogP contribution is 2.29. The van der Waals surface area contributed by atoms with Crippen molar-refractivity contribution < 1.29 is 18.3 Å². The van der Waals surface area contributed by atoms with Crippen molar-refractivity contribution in [1.29, 1.82) is 0 Å². The molecule has 92 valence electrons. The summed E-state index contributed by atoms with van der Waals surface area (Å²) < 4.78 is 30.3. The van der Waals surface area contributed by atoms with Crippen molar-refractivity contribution in [3.05, 3.63) is 27.5 Å². The van der Waals surface area contributed by atoms with E-state index in [-0.39, 0.29) is 18.0 Å². The molecule has 5 nitrogen and oxygen atoms in total. The molecular formula is C10H10F2N2O3. The molecule has 3 N–H and O–H groups in total. The summed E-state index contributed by atoms with van der Waals surface area (Å²) in [7, 11) is 0. The third-order valence-corrected chi connectivity index (χ3v) is 1.95. The van der Waals surface area contributed by atoms with Crippen LogP contribution in [0.15, 0.2) is 10.9 Å². The Morgan fingerprint density at radius 1 is 1.65 bits per heavy atom. The van der Waals surface area contributed by atoms with Crippen LogP contribution in [0.4, 0.5) is 14.6 Å². The fourth-order valence-corrected chi connectivity index (χ4v) is 1.32. The number of pyridine rings is 1. The van der Waals surface area contributed by atoms with Crippen LogP contribution in [-0.2, 0) is 9.53 Å². The number of aromatic amines is 1. The summed E-state index contributed by atoms with van der Waals surface area (Å²) in [6.07, 6.45) is -2.95. The standard InChI is InChI=1S/C10H10F2N2O3/c1-2-17-6(4-15)8-5(9(11)12)3-7(16)14-10(8)13/h3,9H,2H2,1H3,(H3,13,14,16). The normalized spacial score (nSPS) is 10.1. The second-order valence-electron chi connectivity index (χ2n) is 3.04. The molecule has 7 heteroatoms. The maximum atomic E-state index is 12.7. The first kappa shape index (κ1) is 12.9. The summed E-state index contributed by atoms with van der Waals surface area (Å²) in [5.74, 6) is 0.589. The van der Waals surface area contributed by atoms with Gasteiger partial charge in [0, 0.05) is 11.6 Å². The first-order valence-corrected chi connectivity index (χ1v) is 4.70. The Hall–Kier alpha value is -2.14. The summed E-state index contributed by atoms with van der Waals surface area (Å²) in [5, 5.41) is 0. The molecule has 0 amide bonds. The van der Waals surface area contributed by atoms with Gasteiger partial charge in [-0.1, -0.05) is 0 Å². The SMILES string of the molecule is CCOC(=C=O)c1c(C(F)F)cc(=O)[nH]c1N. The molecule has 0 saturated carbocycles. The zero-order chi connectivity index (χ0) is 13.0. The molecule has 1 aromatic rings. The zero-order valence-corrected chi connectivity index (χ0v) is 8.92. The van der Waals surface area contributed by atoms with Crippen LogP contribution in [0, 0.1) is 0 Å². The van der Waals surface area contributed by atoms with E-state index >= 15 is 0 Å². The Labute approximate surface area is 94.9 Å². The smallest absolute Gasteiger partial charge is 0.264 e. The fraction of sp³-hybridized carbons (Fsp3) is 0.300. The first-order valence-electron chi connectivity index (χ1n) is 4.70. The molecule has 0 aliphatic heterocycles. The third kappa shape index (κ3) is 2.70. The van der Waals surface area contributed by atoms with Gasteiger partial charge in [-0.05, 0) is 6.92 Å². The average molecular weight is 244 g/mol. The monoisotopic (exact) mass is 244 g/mol. The van der Waals surface area contributed by atoms with Gasteiger partial charge in [0.2, 0.25) is 11.3 Å². The van der Waals surface area contributed by atoms with Crippen molar-refractivity contribution >= 4 is 17.5 Å². The summed E-state index contributed by atoms with van der Waals surface area (Å²) in [4.78, 5) is 23.8. The van der Waals surface area contributed by atoms with Gasteiger partial charge in [-0.25, -0.2) is 13.6 Å². The highest BCUT2D eigenvalue weighted by atomic mass is 19.3. The molecule has 0 unspecified atom stereocenters. The zero-order valence-electron chi connectivity index (χ0n) is 8.92. The van der Waals surface area contributed by atoms with E-state index in [2.05, 4.69) is 4.98 Å². The maximum absolute atomic E-state index is 12.7. The molecule has 17 heavy (non-hydrogen) atoms. The van der Waals surface area contributed by atoms with Gasteiger partial charge in [-0.2, -0.15) is 0 Å². The van der Waals surface area contributed by atoms with Gasteiger partial charge < -0.3 is 15.5 Å². The van der Waals surface area contributed by atoms with Gasteiger partial charge in [0.05, 0.1) is 12.2 Å². The number of nitrogen functional groups attached to an aromatic ring is 1. The average Bonchev–Trinajstić information content (AvgIpc) is 2.25. The fourth-order valence-electron chi connectivity index (χ4n) is 1.32. The van der Waals surface area contributed by atoms with Crippen LogP contribution >= 0.6 is 0 Å². The van der Waals surface area contributed by atoms with Crippen molar-refractivity contribution in [2.24, 2.45) is 0 Å². The van der Waals surface area contributed by atoms with Crippen molar-refractivity contribution in [3.63, 3.8) is 0 Å². The van der Waals surface area contributed by atoms with E-state index in [1.807, 2.05) is 0 Å². The van der Waals surface area contributed by atoms with Crippen molar-refractivity contribution in [3.8, 4) is 0 Å². The second kappa shape index (κ2) is 5.27. The van der Waals surface area contributed by atoms with Crippen LogP contribution in [0.1, 0.15) is 24.5 Å². The Morgan fingerprint density at radius 2 is 2.29 bits per heavy atom. The van der Waals surface area contributed by atoms with E-state index in [0.717, 1.165) is 0 Å². The van der Waals surface area contributed by atoms with Crippen LogP contribution < -0.4 is 11.3 Å². The minimum atomic E-state index is -2.95. The second-order valence-corrected chi connectivity index (χ2v) is 3.04. The molecule has 0 aromatic carbocycles. The van der Waals surface area contributed by atoms with Crippen LogP contribution in [0.5, 0.6) is 0 Å². The number of hydrogen-bond donors (Lipinski definition) is 2. The summed E-state index contributed by atoms with van der Waals surface area (Å²) in [6.45, 7) is 1.66. The molecule has 1 rings (SSSR count). The predicted molar refractivity (Wildman–Crippen MR) is 57.2 cm³/mol. The van der Waals surface area contributed by atoms with Crippen molar-refractivity contribution in [2.45, 2.75) is 13.3 Å². The molecule has 0 radical (unpaired) electrons. The topological polar surface area (TPSA) is 85.2 Å². The molecule has 0 fully saturated rings. The number of halogens is 2. The first-order chi connectivity index (χ1) is 8.01. The highest BCUT2D eigenvalue weighted by Gasteiger charge is 2.21. The molecule has 0 saturated heterocycles. The van der Waals surface area contributed by atoms with Gasteiger partial charge in [-0.15, -0.1) is 0 Å². The lowest BCUT2D eigenvalue weighted by atomic mass is 10.1. The molecule has 0 aliphatic carbocycles. The molecule has 0 atom stereocenters. The third-order valence-electron chi connectivity index (χ3n) is 1.95. The lowest BCUT2D eigenvalue weighted by Crippen LogP contribution is -2.14. The van der Waals surface area contributed by atoms with Crippen LogP contribution in [0.3, 0.4) is 0 Å². The van der Waals surface area contributed by atoms with E-state index in [4.69, 9.17) is 10.5 Å². The molecule has 0 bridgehead atoms. The number of nitrogens with one attached hydrogen (secondary N) is 1. The maximum Gasteiger partial charge on any atom is 0.264 e. The van der Waals surface area contributed by atoms with Crippen LogP contribution in [0.2, 0.25) is 0 Å². The number of alkyl halides is 2. The minimum Gasteiger partial charge on any atom is -0.483 e. The number of ether oxygens (including phenoxy) is 1. The Balaban J connectivity index is 3.50. The van der Waals surface area contributed by atoms with Crippen LogP contribution in [0.25, 0.3) is 5.76 Å². The van der Waals surface area contributed by atoms with Gasteiger partial charge in [-0.3, -0.25) is 4.79 Å². The predicted octanol–water partition coefficient (Wildman–Crippen LogP) is 1.10. The van der Waals surface area contributed by atoms with E-state index in [0.29, 0.717) is 6.07 Å². The van der Waals surface area contributed by atoms with E-state index < -0.39 is 23.3 Å². The molecule has 0 spiro atoms. The Bertz CT molecular complexity index is 519. The summed E-state index contributed by atoms with van der Waals surface area (Å²) >= 11 is 0. The summed E-state index contributed by atoms with van der Waals surface area (Å²) in [5.41, 5.74) is 3.65. The number of carbonyl (C=O) groups excluding carboxylic acids is 1. The number of hydrogen-bond acceptors (Lipinski definition) is 4. The molecular weight excluding hydrogens is 234 g/mol. The van der Waals surface area contributed by atoms with Crippen molar-refractivity contribution in [1.82, 2.24) is 4.98 Å². The lowest BCUT2D eigenvalue weighted by Gasteiger charge is -2.11. The Kier molecular flexibility index (Phi) is 4.01. The molecule has 1 heterocycles. The number of nitrogens with two attached hydrogens (primary N) is 1.